The van der Waals surface area contributed by atoms with Crippen LogP contribution in [-0.4, -0.2) is 47.4 Å². The van der Waals surface area contributed by atoms with E-state index in [2.05, 4.69) is 19.2 Å². The number of aliphatic hydroxyl groups is 2. The minimum Gasteiger partial charge on any atom is -0.466 e. The highest BCUT2D eigenvalue weighted by Crippen LogP contribution is 2.20. The minimum absolute atomic E-state index is 0.0274. The Bertz CT molecular complexity index is 1160. The van der Waals surface area contributed by atoms with Crippen molar-refractivity contribution in [1.29, 1.82) is 0 Å². The third-order valence-corrected chi connectivity index (χ3v) is 17.9. The molecule has 80 heavy (non-hydrogen) atoms. The maximum Gasteiger partial charge on any atom is 0.305 e. The Labute approximate surface area is 502 Å². The molecule has 6 nitrogen and oxygen atoms in total. The van der Waals surface area contributed by atoms with Crippen molar-refractivity contribution in [3.8, 4) is 0 Å². The van der Waals surface area contributed by atoms with Gasteiger partial charge in [0.2, 0.25) is 5.91 Å². The molecule has 0 aliphatic heterocycles. The van der Waals surface area contributed by atoms with E-state index in [1.54, 1.807) is 0 Å². The highest BCUT2D eigenvalue weighted by Gasteiger charge is 2.20. The van der Waals surface area contributed by atoms with Crippen molar-refractivity contribution in [3.63, 3.8) is 0 Å². The van der Waals surface area contributed by atoms with Crippen molar-refractivity contribution in [1.82, 2.24) is 5.32 Å². The second-order valence-corrected chi connectivity index (χ2v) is 26.0. The molecule has 0 aliphatic rings. The van der Waals surface area contributed by atoms with Gasteiger partial charge in [-0.2, -0.15) is 0 Å². The molecular weight excluding hydrogens is 983 g/mol. The molecule has 0 saturated carbocycles. The second kappa shape index (κ2) is 70.3. The SMILES string of the molecule is CCCCCCCCCCCCCCCCC(=O)OCCCCCCCCCCCCCCCCCCCCCCCCCCCCCCCCCCCCCCCCCC(=O)NC(CO)C(O)CCCCCCCCCCCC. The molecule has 0 aliphatic carbocycles. The van der Waals surface area contributed by atoms with Crippen molar-refractivity contribution in [2.45, 2.75) is 450 Å². The monoisotopic (exact) mass is 1130 g/mol. The van der Waals surface area contributed by atoms with Gasteiger partial charge in [0.1, 0.15) is 0 Å². The summed E-state index contributed by atoms with van der Waals surface area (Å²) in [4.78, 5) is 24.5. The van der Waals surface area contributed by atoms with Crippen LogP contribution in [0.3, 0.4) is 0 Å². The van der Waals surface area contributed by atoms with Crippen LogP contribution in [0.5, 0.6) is 0 Å². The molecule has 0 aromatic rings. The van der Waals surface area contributed by atoms with Crippen LogP contribution in [0, 0.1) is 0 Å². The highest BCUT2D eigenvalue weighted by molar-refractivity contribution is 5.76. The van der Waals surface area contributed by atoms with Crippen molar-refractivity contribution in [2.24, 2.45) is 0 Å². The van der Waals surface area contributed by atoms with Gasteiger partial charge in [-0.3, -0.25) is 9.59 Å². The summed E-state index contributed by atoms with van der Waals surface area (Å²) < 4.78 is 5.50. The standard InChI is InChI=1S/C74H147NO5/c1-3-5-7-9-11-13-15-16-45-48-52-56-60-64-68-74(79)80-69-65-61-57-53-49-46-43-41-39-37-35-33-31-29-27-25-23-21-19-17-18-20-22-24-26-28-30-32-34-36-38-40-42-44-47-51-55-59-63-67-73(78)75-71(70-76)72(77)66-62-58-54-50-14-12-10-8-6-4-2/h71-72,76-77H,3-70H2,1-2H3,(H,75,78). The average Bonchev–Trinajstić information content (AvgIpc) is 3.46. The fourth-order valence-corrected chi connectivity index (χ4v) is 12.2. The van der Waals surface area contributed by atoms with Crippen molar-refractivity contribution < 1.29 is 24.5 Å². The first-order chi connectivity index (χ1) is 39.5. The van der Waals surface area contributed by atoms with Gasteiger partial charge in [-0.15, -0.1) is 0 Å². The predicted molar refractivity (Wildman–Crippen MR) is 352 cm³/mol. The quantitative estimate of drug-likeness (QED) is 0.0417. The molecule has 0 bridgehead atoms. The zero-order valence-electron chi connectivity index (χ0n) is 54.9. The lowest BCUT2D eigenvalue weighted by Crippen LogP contribution is -2.45. The van der Waals surface area contributed by atoms with Crippen LogP contribution >= 0.6 is 0 Å². The lowest BCUT2D eigenvalue weighted by molar-refractivity contribution is -0.143. The van der Waals surface area contributed by atoms with Gasteiger partial charge >= 0.3 is 5.97 Å². The normalized spacial score (nSPS) is 12.4. The summed E-state index contributed by atoms with van der Waals surface area (Å²) >= 11 is 0. The molecule has 0 radical (unpaired) electrons. The van der Waals surface area contributed by atoms with Crippen LogP contribution in [-0.2, 0) is 14.3 Å². The Hall–Kier alpha value is -1.14. The molecule has 0 saturated heterocycles. The number of carbonyl (C=O) groups excluding carboxylic acids is 2. The van der Waals surface area contributed by atoms with Crippen LogP contribution < -0.4 is 5.32 Å². The highest BCUT2D eigenvalue weighted by atomic mass is 16.5. The Kier molecular flexibility index (Phi) is 69.3. The lowest BCUT2D eigenvalue weighted by atomic mass is 10.0. The number of amides is 1. The fraction of sp³-hybridized carbons (Fsp3) is 0.973. The van der Waals surface area contributed by atoms with Crippen LogP contribution in [0.15, 0.2) is 0 Å². The van der Waals surface area contributed by atoms with Crippen molar-refractivity contribution >= 4 is 11.9 Å². The summed E-state index contributed by atoms with van der Waals surface area (Å²) in [6, 6.07) is -0.534. The van der Waals surface area contributed by atoms with Gasteiger partial charge in [0.15, 0.2) is 0 Å². The number of hydrogen-bond donors (Lipinski definition) is 3. The molecule has 0 fully saturated rings. The summed E-state index contributed by atoms with van der Waals surface area (Å²) in [5.41, 5.74) is 0. The summed E-state index contributed by atoms with van der Waals surface area (Å²) in [5.74, 6) is -0.000380. The van der Waals surface area contributed by atoms with E-state index in [-0.39, 0.29) is 18.5 Å². The van der Waals surface area contributed by atoms with E-state index in [1.165, 1.54) is 366 Å². The molecule has 0 spiro atoms. The fourth-order valence-electron chi connectivity index (χ4n) is 12.2. The van der Waals surface area contributed by atoms with E-state index in [9.17, 15) is 19.8 Å². The Balaban J connectivity index is 3.25. The third-order valence-electron chi connectivity index (χ3n) is 17.9. The van der Waals surface area contributed by atoms with E-state index in [4.69, 9.17) is 4.74 Å². The van der Waals surface area contributed by atoms with E-state index in [0.29, 0.717) is 25.9 Å². The van der Waals surface area contributed by atoms with E-state index < -0.39 is 12.1 Å². The number of carbonyl (C=O) groups is 2. The van der Waals surface area contributed by atoms with Crippen LogP contribution in [0.2, 0.25) is 0 Å². The second-order valence-electron chi connectivity index (χ2n) is 26.0. The first kappa shape index (κ1) is 78.9. The molecule has 2 unspecified atom stereocenters. The zero-order valence-corrected chi connectivity index (χ0v) is 54.9. The number of ether oxygens (including phenoxy) is 1. The topological polar surface area (TPSA) is 95.9 Å². The number of aliphatic hydroxyl groups excluding tert-OH is 2. The largest absolute Gasteiger partial charge is 0.466 e. The summed E-state index contributed by atoms with van der Waals surface area (Å²) in [6.07, 6.45) is 86.3. The molecule has 2 atom stereocenters. The lowest BCUT2D eigenvalue weighted by Gasteiger charge is -2.22. The van der Waals surface area contributed by atoms with Crippen molar-refractivity contribution in [3.05, 3.63) is 0 Å². The van der Waals surface area contributed by atoms with Gasteiger partial charge in [-0.05, 0) is 25.7 Å². The smallest absolute Gasteiger partial charge is 0.305 e. The minimum atomic E-state index is -0.657. The average molecular weight is 1130 g/mol. The third kappa shape index (κ3) is 66.0. The Morgan fingerprint density at radius 1 is 0.300 bits per heavy atom. The van der Waals surface area contributed by atoms with Gasteiger partial charge < -0.3 is 20.3 Å². The molecule has 0 heterocycles. The first-order valence-electron chi connectivity index (χ1n) is 37.3. The Morgan fingerprint density at radius 2 is 0.512 bits per heavy atom. The summed E-state index contributed by atoms with van der Waals surface area (Å²) in [6.45, 7) is 4.98. The molecule has 6 heteroatoms. The molecule has 0 aromatic heterocycles. The molecule has 0 rings (SSSR count). The number of rotatable bonds is 71. The zero-order chi connectivity index (χ0) is 57.8. The van der Waals surface area contributed by atoms with Gasteiger partial charge in [-0.1, -0.05) is 399 Å². The first-order valence-corrected chi connectivity index (χ1v) is 37.3. The molecule has 3 N–H and O–H groups in total. The maximum atomic E-state index is 12.5. The molecular formula is C74H147NO5. The van der Waals surface area contributed by atoms with Crippen LogP contribution in [0.25, 0.3) is 0 Å². The van der Waals surface area contributed by atoms with Crippen LogP contribution in [0.4, 0.5) is 0 Å². The van der Waals surface area contributed by atoms with Gasteiger partial charge in [0, 0.05) is 12.8 Å². The predicted octanol–water partition coefficient (Wildman–Crippen LogP) is 24.2. The van der Waals surface area contributed by atoms with E-state index >= 15 is 0 Å². The Morgan fingerprint density at radius 3 is 0.762 bits per heavy atom. The summed E-state index contributed by atoms with van der Waals surface area (Å²) in [7, 11) is 0. The number of esters is 1. The molecule has 0 aromatic carbocycles. The van der Waals surface area contributed by atoms with Gasteiger partial charge in [0.05, 0.1) is 25.4 Å². The van der Waals surface area contributed by atoms with Gasteiger partial charge in [-0.25, -0.2) is 0 Å². The number of hydrogen-bond acceptors (Lipinski definition) is 5. The maximum absolute atomic E-state index is 12.5. The van der Waals surface area contributed by atoms with E-state index in [1.807, 2.05) is 0 Å². The van der Waals surface area contributed by atoms with Gasteiger partial charge in [0.25, 0.3) is 0 Å². The summed E-state index contributed by atoms with van der Waals surface area (Å²) in [5, 5.41) is 23.2. The molecule has 1 amide bonds. The number of nitrogens with one attached hydrogen (secondary N) is 1. The van der Waals surface area contributed by atoms with Crippen molar-refractivity contribution in [2.75, 3.05) is 13.2 Å². The van der Waals surface area contributed by atoms with E-state index in [0.717, 1.165) is 38.5 Å². The van der Waals surface area contributed by atoms with Crippen LogP contribution in [0.1, 0.15) is 438 Å². The number of unbranched alkanes of at least 4 members (excludes halogenated alkanes) is 60. The molecule has 478 valence electrons.